The molecule has 0 fully saturated rings. The SMILES string of the molecule is Cc1ncc(CNCc2nnc(-c3ccccc3Br)o2)s1. The minimum absolute atomic E-state index is 0.521. The number of nitrogens with one attached hydrogen (secondary N) is 1. The molecule has 108 valence electrons. The van der Waals surface area contributed by atoms with Gasteiger partial charge in [0.25, 0.3) is 0 Å². The lowest BCUT2D eigenvalue weighted by Gasteiger charge is -1.99. The van der Waals surface area contributed by atoms with Gasteiger partial charge in [-0.15, -0.1) is 21.5 Å². The molecule has 3 rings (SSSR count). The molecular weight excluding hydrogens is 352 g/mol. The fraction of sp³-hybridized carbons (Fsp3) is 0.214. The van der Waals surface area contributed by atoms with Crippen molar-refractivity contribution in [3.63, 3.8) is 0 Å². The van der Waals surface area contributed by atoms with Gasteiger partial charge in [-0.25, -0.2) is 4.98 Å². The quantitative estimate of drug-likeness (QED) is 0.749. The van der Waals surface area contributed by atoms with E-state index in [2.05, 4.69) is 36.4 Å². The zero-order chi connectivity index (χ0) is 14.7. The molecule has 2 heterocycles. The number of benzene rings is 1. The molecule has 3 aromatic rings. The molecule has 0 bridgehead atoms. The van der Waals surface area contributed by atoms with Gasteiger partial charge in [0.15, 0.2) is 0 Å². The average Bonchev–Trinajstić information content (AvgIpc) is 3.09. The maximum Gasteiger partial charge on any atom is 0.248 e. The molecule has 21 heavy (non-hydrogen) atoms. The molecule has 1 aromatic carbocycles. The van der Waals surface area contributed by atoms with Gasteiger partial charge >= 0.3 is 0 Å². The predicted octanol–water partition coefficient (Wildman–Crippen LogP) is 3.55. The van der Waals surface area contributed by atoms with Crippen molar-refractivity contribution in [3.8, 4) is 11.5 Å². The third-order valence-corrected chi connectivity index (χ3v) is 4.42. The Hall–Kier alpha value is -1.57. The summed E-state index contributed by atoms with van der Waals surface area (Å²) in [6.07, 6.45) is 1.88. The summed E-state index contributed by atoms with van der Waals surface area (Å²) in [5.74, 6) is 1.09. The number of rotatable bonds is 5. The monoisotopic (exact) mass is 364 g/mol. The van der Waals surface area contributed by atoms with Crippen molar-refractivity contribution >= 4 is 27.3 Å². The maximum absolute atomic E-state index is 5.67. The normalized spacial score (nSPS) is 11.0. The van der Waals surface area contributed by atoms with Crippen molar-refractivity contribution < 1.29 is 4.42 Å². The Morgan fingerprint density at radius 3 is 2.86 bits per heavy atom. The number of aromatic nitrogens is 3. The fourth-order valence-corrected chi connectivity index (χ4v) is 3.07. The van der Waals surface area contributed by atoms with Gasteiger partial charge in [-0.2, -0.15) is 0 Å². The lowest BCUT2D eigenvalue weighted by atomic mass is 10.2. The van der Waals surface area contributed by atoms with E-state index >= 15 is 0 Å². The Morgan fingerprint density at radius 1 is 1.24 bits per heavy atom. The summed E-state index contributed by atoms with van der Waals surface area (Å²) in [6, 6.07) is 7.77. The molecule has 0 saturated heterocycles. The second-order valence-corrected chi connectivity index (χ2v) is 6.60. The van der Waals surface area contributed by atoms with Crippen LogP contribution in [0.15, 0.2) is 39.4 Å². The van der Waals surface area contributed by atoms with E-state index in [0.29, 0.717) is 18.3 Å². The van der Waals surface area contributed by atoms with E-state index in [0.717, 1.165) is 21.6 Å². The van der Waals surface area contributed by atoms with Crippen LogP contribution in [-0.2, 0) is 13.1 Å². The molecule has 0 saturated carbocycles. The number of thiazole rings is 1. The van der Waals surface area contributed by atoms with Crippen LogP contribution in [0.5, 0.6) is 0 Å². The van der Waals surface area contributed by atoms with E-state index in [1.165, 1.54) is 4.88 Å². The summed E-state index contributed by atoms with van der Waals surface area (Å²) in [7, 11) is 0. The third kappa shape index (κ3) is 3.55. The van der Waals surface area contributed by atoms with Gasteiger partial charge in [-0.05, 0) is 35.0 Å². The molecule has 5 nitrogen and oxygen atoms in total. The molecule has 1 N–H and O–H groups in total. The third-order valence-electron chi connectivity index (χ3n) is 2.82. The summed E-state index contributed by atoms with van der Waals surface area (Å²) in [4.78, 5) is 5.41. The van der Waals surface area contributed by atoms with Crippen LogP contribution in [0.3, 0.4) is 0 Å². The van der Waals surface area contributed by atoms with Crippen LogP contribution in [0.2, 0.25) is 0 Å². The minimum Gasteiger partial charge on any atom is -0.419 e. The van der Waals surface area contributed by atoms with Gasteiger partial charge in [-0.1, -0.05) is 12.1 Å². The fourth-order valence-electron chi connectivity index (χ4n) is 1.85. The Balaban J connectivity index is 1.62. The van der Waals surface area contributed by atoms with Crippen molar-refractivity contribution in [3.05, 3.63) is 50.7 Å². The van der Waals surface area contributed by atoms with E-state index in [4.69, 9.17) is 4.42 Å². The van der Waals surface area contributed by atoms with Crippen molar-refractivity contribution in [2.75, 3.05) is 0 Å². The van der Waals surface area contributed by atoms with Crippen molar-refractivity contribution in [2.24, 2.45) is 0 Å². The highest BCUT2D eigenvalue weighted by molar-refractivity contribution is 9.10. The van der Waals surface area contributed by atoms with Crippen molar-refractivity contribution in [2.45, 2.75) is 20.0 Å². The summed E-state index contributed by atoms with van der Waals surface area (Å²) >= 11 is 5.16. The number of hydrogen-bond acceptors (Lipinski definition) is 6. The van der Waals surface area contributed by atoms with Crippen LogP contribution in [-0.4, -0.2) is 15.2 Å². The lowest BCUT2D eigenvalue weighted by molar-refractivity contribution is 0.478. The molecule has 0 atom stereocenters. The van der Waals surface area contributed by atoms with E-state index < -0.39 is 0 Å². The summed E-state index contributed by atoms with van der Waals surface area (Å²) in [6.45, 7) is 3.28. The second kappa shape index (κ2) is 6.46. The van der Waals surface area contributed by atoms with Crippen LogP contribution >= 0.6 is 27.3 Å². The van der Waals surface area contributed by atoms with Crippen LogP contribution in [0.4, 0.5) is 0 Å². The number of halogens is 1. The van der Waals surface area contributed by atoms with E-state index in [1.807, 2.05) is 37.4 Å². The predicted molar refractivity (Wildman–Crippen MR) is 84.8 cm³/mol. The first-order valence-electron chi connectivity index (χ1n) is 6.41. The smallest absolute Gasteiger partial charge is 0.248 e. The molecule has 0 spiro atoms. The van der Waals surface area contributed by atoms with Gasteiger partial charge in [-0.3, -0.25) is 0 Å². The molecule has 0 radical (unpaired) electrons. The Morgan fingerprint density at radius 2 is 2.10 bits per heavy atom. The number of hydrogen-bond donors (Lipinski definition) is 1. The minimum atomic E-state index is 0.521. The Labute approximate surface area is 134 Å². The number of nitrogens with zero attached hydrogens (tertiary/aromatic N) is 3. The van der Waals surface area contributed by atoms with Gasteiger partial charge in [0, 0.05) is 22.1 Å². The molecular formula is C14H13BrN4OS. The van der Waals surface area contributed by atoms with E-state index in [-0.39, 0.29) is 0 Å². The second-order valence-electron chi connectivity index (χ2n) is 4.43. The first-order chi connectivity index (χ1) is 10.2. The van der Waals surface area contributed by atoms with Gasteiger partial charge in [0.2, 0.25) is 11.8 Å². The largest absolute Gasteiger partial charge is 0.419 e. The van der Waals surface area contributed by atoms with Crippen molar-refractivity contribution in [1.29, 1.82) is 0 Å². The first-order valence-corrected chi connectivity index (χ1v) is 8.02. The van der Waals surface area contributed by atoms with Crippen LogP contribution in [0.25, 0.3) is 11.5 Å². The molecule has 7 heteroatoms. The van der Waals surface area contributed by atoms with Gasteiger partial charge in [0.1, 0.15) is 0 Å². The Bertz CT molecular complexity index is 740. The summed E-state index contributed by atoms with van der Waals surface area (Å²) in [5.41, 5.74) is 0.898. The summed E-state index contributed by atoms with van der Waals surface area (Å²) in [5, 5.41) is 12.5. The van der Waals surface area contributed by atoms with Crippen molar-refractivity contribution in [1.82, 2.24) is 20.5 Å². The average molecular weight is 365 g/mol. The van der Waals surface area contributed by atoms with E-state index in [1.54, 1.807) is 11.3 Å². The highest BCUT2D eigenvalue weighted by Crippen LogP contribution is 2.26. The van der Waals surface area contributed by atoms with Gasteiger partial charge < -0.3 is 9.73 Å². The zero-order valence-electron chi connectivity index (χ0n) is 11.3. The molecule has 2 aromatic heterocycles. The molecule has 0 aliphatic rings. The topological polar surface area (TPSA) is 63.8 Å². The highest BCUT2D eigenvalue weighted by Gasteiger charge is 2.10. The number of aryl methyl sites for hydroxylation is 1. The molecule has 0 amide bonds. The maximum atomic E-state index is 5.67. The molecule has 0 unspecified atom stereocenters. The van der Waals surface area contributed by atoms with E-state index in [9.17, 15) is 0 Å². The van der Waals surface area contributed by atoms with Crippen LogP contribution in [0.1, 0.15) is 15.8 Å². The zero-order valence-corrected chi connectivity index (χ0v) is 13.7. The van der Waals surface area contributed by atoms with Crippen LogP contribution in [0, 0.1) is 6.92 Å². The van der Waals surface area contributed by atoms with Gasteiger partial charge in [0.05, 0.1) is 17.1 Å². The Kier molecular flexibility index (Phi) is 4.42. The first kappa shape index (κ1) is 14.4. The summed E-state index contributed by atoms with van der Waals surface area (Å²) < 4.78 is 6.60. The molecule has 0 aliphatic carbocycles. The van der Waals surface area contributed by atoms with Crippen LogP contribution < -0.4 is 5.32 Å². The lowest BCUT2D eigenvalue weighted by Crippen LogP contribution is -2.11. The standard InChI is InChI=1S/C14H13BrN4OS/c1-9-17-7-10(21-9)6-16-8-13-18-19-14(20-13)11-4-2-3-5-12(11)15/h2-5,7,16H,6,8H2,1H3. The molecule has 0 aliphatic heterocycles. The highest BCUT2D eigenvalue weighted by atomic mass is 79.9.